The smallest absolute Gasteiger partial charge is 0.173 e. The number of nitrogens with two attached hydrogens (primary N) is 1. The van der Waals surface area contributed by atoms with Gasteiger partial charge in [-0.15, -0.1) is 0 Å². The molecule has 1 aromatic rings. The number of benzene rings is 1. The van der Waals surface area contributed by atoms with E-state index in [0.717, 1.165) is 0 Å². The molecule has 1 aromatic carbocycles. The van der Waals surface area contributed by atoms with Crippen molar-refractivity contribution >= 4 is 11.6 Å². The molecule has 2 rings (SSSR count). The lowest BCUT2D eigenvalue weighted by Crippen LogP contribution is -2.21. The van der Waals surface area contributed by atoms with E-state index in [-0.39, 0.29) is 22.1 Å². The van der Waals surface area contributed by atoms with Crippen LogP contribution in [0.5, 0.6) is 11.5 Å². The normalized spacial score (nSPS) is 17.6. The fourth-order valence-corrected chi connectivity index (χ4v) is 1.77. The molecule has 0 radical (unpaired) electrons. The summed E-state index contributed by atoms with van der Waals surface area (Å²) >= 11 is 5.75. The SMILES string of the molecule is COc1cc(Cl)c(O)c(C2(N)CC2)c1F. The third-order valence-electron chi connectivity index (χ3n) is 2.66. The Morgan fingerprint density at radius 1 is 1.60 bits per heavy atom. The van der Waals surface area contributed by atoms with Crippen LogP contribution in [0.4, 0.5) is 4.39 Å². The second-order valence-electron chi connectivity index (χ2n) is 3.75. The molecule has 0 amide bonds. The van der Waals surface area contributed by atoms with Gasteiger partial charge >= 0.3 is 0 Å². The fourth-order valence-electron chi connectivity index (χ4n) is 1.58. The first-order valence-corrected chi connectivity index (χ1v) is 4.92. The zero-order valence-corrected chi connectivity index (χ0v) is 8.94. The Morgan fingerprint density at radius 3 is 2.67 bits per heavy atom. The molecule has 0 saturated heterocycles. The lowest BCUT2D eigenvalue weighted by molar-refractivity contribution is 0.374. The molecule has 0 aromatic heterocycles. The van der Waals surface area contributed by atoms with Crippen molar-refractivity contribution < 1.29 is 14.2 Å². The monoisotopic (exact) mass is 231 g/mol. The van der Waals surface area contributed by atoms with Crippen LogP contribution in [0.1, 0.15) is 18.4 Å². The number of rotatable bonds is 2. The quantitative estimate of drug-likeness (QED) is 0.820. The molecule has 1 saturated carbocycles. The minimum atomic E-state index is -0.785. The Labute approximate surface area is 91.6 Å². The zero-order chi connectivity index (χ0) is 11.2. The Hall–Kier alpha value is -1.00. The molecule has 1 aliphatic rings. The van der Waals surface area contributed by atoms with Gasteiger partial charge in [0.05, 0.1) is 17.7 Å². The van der Waals surface area contributed by atoms with Crippen LogP contribution < -0.4 is 10.5 Å². The van der Waals surface area contributed by atoms with Crippen LogP contribution >= 0.6 is 11.6 Å². The van der Waals surface area contributed by atoms with E-state index < -0.39 is 11.4 Å². The molecule has 5 heteroatoms. The van der Waals surface area contributed by atoms with E-state index in [2.05, 4.69) is 0 Å². The predicted molar refractivity (Wildman–Crippen MR) is 54.7 cm³/mol. The molecule has 3 N–H and O–H groups in total. The van der Waals surface area contributed by atoms with Crippen molar-refractivity contribution in [1.82, 2.24) is 0 Å². The molecule has 0 atom stereocenters. The number of phenolic OH excluding ortho intramolecular Hbond substituents is 1. The van der Waals surface area contributed by atoms with Crippen LogP contribution in [-0.2, 0) is 5.54 Å². The highest BCUT2D eigenvalue weighted by molar-refractivity contribution is 6.32. The summed E-state index contributed by atoms with van der Waals surface area (Å²) in [6.07, 6.45) is 1.28. The van der Waals surface area contributed by atoms with Crippen molar-refractivity contribution in [3.05, 3.63) is 22.5 Å². The van der Waals surface area contributed by atoms with Crippen LogP contribution in [0.2, 0.25) is 5.02 Å². The van der Waals surface area contributed by atoms with Crippen LogP contribution in [0, 0.1) is 5.82 Å². The van der Waals surface area contributed by atoms with Gasteiger partial charge in [-0.1, -0.05) is 11.6 Å². The van der Waals surface area contributed by atoms with Crippen molar-refractivity contribution in [2.45, 2.75) is 18.4 Å². The van der Waals surface area contributed by atoms with Crippen LogP contribution in [0.25, 0.3) is 0 Å². The van der Waals surface area contributed by atoms with Gasteiger partial charge in [-0.3, -0.25) is 0 Å². The molecule has 3 nitrogen and oxygen atoms in total. The standard InChI is InChI=1S/C10H11ClFNO2/c1-15-6-4-5(11)9(14)7(8(6)12)10(13)2-3-10/h4,14H,2-3,13H2,1H3. The molecule has 15 heavy (non-hydrogen) atoms. The highest BCUT2D eigenvalue weighted by atomic mass is 35.5. The maximum Gasteiger partial charge on any atom is 0.173 e. The van der Waals surface area contributed by atoms with Crippen molar-refractivity contribution in [2.75, 3.05) is 7.11 Å². The minimum absolute atomic E-state index is 0.00419. The highest BCUT2D eigenvalue weighted by Crippen LogP contribution is 2.51. The second kappa shape index (κ2) is 3.25. The number of halogens is 2. The molecule has 82 valence electrons. The lowest BCUT2D eigenvalue weighted by atomic mass is 10.0. The maximum atomic E-state index is 13.8. The Balaban J connectivity index is 2.65. The van der Waals surface area contributed by atoms with Gasteiger partial charge in [-0.2, -0.15) is 0 Å². The zero-order valence-electron chi connectivity index (χ0n) is 8.18. The van der Waals surface area contributed by atoms with Crippen LogP contribution in [0.3, 0.4) is 0 Å². The predicted octanol–water partition coefficient (Wildman–Crippen LogP) is 2.14. The summed E-state index contributed by atoms with van der Waals surface area (Å²) in [7, 11) is 1.34. The van der Waals surface area contributed by atoms with Gasteiger partial charge in [-0.05, 0) is 12.8 Å². The summed E-state index contributed by atoms with van der Waals surface area (Å²) < 4.78 is 18.6. The Bertz CT molecular complexity index is 418. The lowest BCUT2D eigenvalue weighted by Gasteiger charge is -2.15. The molecule has 0 unspecified atom stereocenters. The van der Waals surface area contributed by atoms with E-state index in [0.29, 0.717) is 12.8 Å². The van der Waals surface area contributed by atoms with Gasteiger partial charge in [0.15, 0.2) is 11.6 Å². The van der Waals surface area contributed by atoms with Gasteiger partial charge in [0.2, 0.25) is 0 Å². The van der Waals surface area contributed by atoms with Gasteiger partial charge in [0, 0.05) is 11.6 Å². The molecule has 0 aliphatic heterocycles. The summed E-state index contributed by atoms with van der Waals surface area (Å²) in [5.41, 5.74) is 5.12. The minimum Gasteiger partial charge on any atom is -0.506 e. The van der Waals surface area contributed by atoms with Gasteiger partial charge < -0.3 is 15.6 Å². The molecule has 0 heterocycles. The van der Waals surface area contributed by atoms with E-state index in [9.17, 15) is 9.50 Å². The maximum absolute atomic E-state index is 13.8. The third kappa shape index (κ3) is 1.54. The topological polar surface area (TPSA) is 55.5 Å². The van der Waals surface area contributed by atoms with E-state index >= 15 is 0 Å². The number of phenols is 1. The molecule has 1 fully saturated rings. The summed E-state index contributed by atoms with van der Waals surface area (Å²) in [5, 5.41) is 9.72. The van der Waals surface area contributed by atoms with Crippen molar-refractivity contribution in [2.24, 2.45) is 5.73 Å². The first kappa shape index (κ1) is 10.5. The molecule has 0 spiro atoms. The van der Waals surface area contributed by atoms with Crippen LogP contribution in [0.15, 0.2) is 6.07 Å². The number of hydrogen-bond acceptors (Lipinski definition) is 3. The van der Waals surface area contributed by atoms with Crippen molar-refractivity contribution in [3.8, 4) is 11.5 Å². The molecular formula is C10H11ClFNO2. The summed E-state index contributed by atoms with van der Waals surface area (Å²) in [6, 6.07) is 1.24. The summed E-state index contributed by atoms with van der Waals surface area (Å²) in [5.74, 6) is -0.904. The second-order valence-corrected chi connectivity index (χ2v) is 4.16. The molecule has 1 aliphatic carbocycles. The summed E-state index contributed by atoms with van der Waals surface area (Å²) in [4.78, 5) is 0. The van der Waals surface area contributed by atoms with E-state index in [1.807, 2.05) is 0 Å². The van der Waals surface area contributed by atoms with E-state index in [4.69, 9.17) is 22.1 Å². The summed E-state index contributed by atoms with van der Waals surface area (Å²) in [6.45, 7) is 0. The van der Waals surface area contributed by atoms with E-state index in [1.54, 1.807) is 0 Å². The Kier molecular flexibility index (Phi) is 2.28. The van der Waals surface area contributed by atoms with Crippen LogP contribution in [-0.4, -0.2) is 12.2 Å². The molecular weight excluding hydrogens is 221 g/mol. The average Bonchev–Trinajstić information content (AvgIpc) is 2.91. The first-order chi connectivity index (χ1) is 6.99. The first-order valence-electron chi connectivity index (χ1n) is 4.54. The largest absolute Gasteiger partial charge is 0.506 e. The van der Waals surface area contributed by atoms with E-state index in [1.165, 1.54) is 13.2 Å². The Morgan fingerprint density at radius 2 is 2.20 bits per heavy atom. The number of methoxy groups -OCH3 is 1. The number of ether oxygens (including phenoxy) is 1. The van der Waals surface area contributed by atoms with Gasteiger partial charge in [0.25, 0.3) is 0 Å². The molecule has 0 bridgehead atoms. The third-order valence-corrected chi connectivity index (χ3v) is 2.95. The number of hydrogen-bond donors (Lipinski definition) is 2. The number of aromatic hydroxyl groups is 1. The van der Waals surface area contributed by atoms with Crippen molar-refractivity contribution in [1.29, 1.82) is 0 Å². The fraction of sp³-hybridized carbons (Fsp3) is 0.400. The van der Waals surface area contributed by atoms with Gasteiger partial charge in [0.1, 0.15) is 5.75 Å². The van der Waals surface area contributed by atoms with Gasteiger partial charge in [-0.25, -0.2) is 4.39 Å². The highest BCUT2D eigenvalue weighted by Gasteiger charge is 2.45. The average molecular weight is 232 g/mol. The van der Waals surface area contributed by atoms with Crippen molar-refractivity contribution in [3.63, 3.8) is 0 Å².